The average molecular weight is 354 g/mol. The third-order valence-electron chi connectivity index (χ3n) is 5.10. The van der Waals surface area contributed by atoms with Crippen LogP contribution in [0.1, 0.15) is 25.5 Å². The largest absolute Gasteiger partial charge is 0.497 e. The maximum Gasteiger partial charge on any atom is 0.237 e. The van der Waals surface area contributed by atoms with Crippen molar-refractivity contribution < 1.29 is 9.53 Å². The van der Waals surface area contributed by atoms with Crippen molar-refractivity contribution in [2.75, 3.05) is 20.2 Å². The number of likely N-dealkylation sites (tertiary alicyclic amines) is 1. The van der Waals surface area contributed by atoms with E-state index in [-0.39, 0.29) is 24.5 Å². The number of amides is 1. The summed E-state index contributed by atoms with van der Waals surface area (Å²) in [6, 6.07) is 10.3. The molecular formula is C20H26N4O2. The topological polar surface area (TPSA) is 70.3 Å². The molecule has 1 aliphatic heterocycles. The summed E-state index contributed by atoms with van der Waals surface area (Å²) >= 11 is 0. The Morgan fingerprint density at radius 3 is 3.00 bits per heavy atom. The number of carbonyl (C=O) groups is 1. The van der Waals surface area contributed by atoms with Crippen LogP contribution in [-0.4, -0.2) is 47.7 Å². The van der Waals surface area contributed by atoms with Crippen molar-refractivity contribution in [1.82, 2.24) is 14.8 Å². The number of benzene rings is 1. The molecule has 1 fully saturated rings. The van der Waals surface area contributed by atoms with E-state index in [0.717, 1.165) is 36.0 Å². The summed E-state index contributed by atoms with van der Waals surface area (Å²) < 4.78 is 7.55. The van der Waals surface area contributed by atoms with E-state index in [0.29, 0.717) is 6.54 Å². The van der Waals surface area contributed by atoms with Crippen molar-refractivity contribution in [3.8, 4) is 11.8 Å². The number of nitriles is 1. The second kappa shape index (κ2) is 7.79. The Kier molecular flexibility index (Phi) is 5.48. The first kappa shape index (κ1) is 18.3. The number of nitrogens with zero attached hydrogens (tertiary/aromatic N) is 3. The van der Waals surface area contributed by atoms with Crippen LogP contribution in [-0.2, 0) is 11.3 Å². The molecule has 2 atom stereocenters. The van der Waals surface area contributed by atoms with E-state index < -0.39 is 0 Å². The number of carbonyl (C=O) groups excluding carboxylic acids is 1. The molecule has 0 saturated carbocycles. The molecule has 6 nitrogen and oxygen atoms in total. The molecule has 1 aromatic heterocycles. The summed E-state index contributed by atoms with van der Waals surface area (Å²) in [5.41, 5.74) is 2.34. The molecule has 26 heavy (non-hydrogen) atoms. The molecule has 1 saturated heterocycles. The lowest BCUT2D eigenvalue weighted by Crippen LogP contribution is -2.43. The maximum atomic E-state index is 12.4. The van der Waals surface area contributed by atoms with Crippen molar-refractivity contribution in [2.45, 2.75) is 45.3 Å². The number of ether oxygens (including phenoxy) is 1. The number of fused-ring (bicyclic) bond motifs is 1. The van der Waals surface area contributed by atoms with Gasteiger partial charge in [0.25, 0.3) is 0 Å². The molecule has 2 aromatic rings. The van der Waals surface area contributed by atoms with Crippen LogP contribution in [0.3, 0.4) is 0 Å². The average Bonchev–Trinajstić information content (AvgIpc) is 3.23. The highest BCUT2D eigenvalue weighted by Gasteiger charge is 2.28. The van der Waals surface area contributed by atoms with Crippen LogP contribution < -0.4 is 10.1 Å². The summed E-state index contributed by atoms with van der Waals surface area (Å²) in [5, 5.41) is 13.6. The lowest BCUT2D eigenvalue weighted by molar-refractivity contribution is -0.130. The Morgan fingerprint density at radius 2 is 2.27 bits per heavy atom. The van der Waals surface area contributed by atoms with Gasteiger partial charge in [0.15, 0.2) is 0 Å². The maximum absolute atomic E-state index is 12.4. The first-order chi connectivity index (χ1) is 12.5. The highest BCUT2D eigenvalue weighted by atomic mass is 16.5. The Labute approximate surface area is 154 Å². The quantitative estimate of drug-likeness (QED) is 0.865. The summed E-state index contributed by atoms with van der Waals surface area (Å²) in [6.07, 6.45) is 1.70. The van der Waals surface area contributed by atoms with E-state index in [1.54, 1.807) is 12.0 Å². The standard InChI is InChI=1S/C20H26N4O2/c1-14(22-12-20(25)23-8-4-5-17(23)11-21)13-24-15(2)9-16-10-18(26-3)6-7-19(16)24/h6-7,9-10,14,17,22H,4-5,8,12-13H2,1-3H3/t14-,17-/m0/s1. The van der Waals surface area contributed by atoms with Crippen molar-refractivity contribution in [3.63, 3.8) is 0 Å². The number of aromatic nitrogens is 1. The monoisotopic (exact) mass is 354 g/mol. The molecular weight excluding hydrogens is 328 g/mol. The van der Waals surface area contributed by atoms with Gasteiger partial charge in [0.05, 0.1) is 19.7 Å². The van der Waals surface area contributed by atoms with Gasteiger partial charge in [0, 0.05) is 35.7 Å². The lowest BCUT2D eigenvalue weighted by Gasteiger charge is -2.22. The van der Waals surface area contributed by atoms with Crippen LogP contribution in [0.5, 0.6) is 5.75 Å². The highest BCUT2D eigenvalue weighted by molar-refractivity contribution is 5.83. The number of nitrogens with one attached hydrogen (secondary N) is 1. The molecule has 2 heterocycles. The fourth-order valence-corrected chi connectivity index (χ4v) is 3.66. The zero-order valence-electron chi connectivity index (χ0n) is 15.7. The highest BCUT2D eigenvalue weighted by Crippen LogP contribution is 2.24. The van der Waals surface area contributed by atoms with Gasteiger partial charge in [-0.05, 0) is 51.0 Å². The van der Waals surface area contributed by atoms with E-state index in [2.05, 4.69) is 41.9 Å². The van der Waals surface area contributed by atoms with Crippen LogP contribution in [0.25, 0.3) is 10.9 Å². The van der Waals surface area contributed by atoms with Gasteiger partial charge in [-0.25, -0.2) is 0 Å². The third kappa shape index (κ3) is 3.68. The number of hydrogen-bond acceptors (Lipinski definition) is 4. The molecule has 138 valence electrons. The van der Waals surface area contributed by atoms with E-state index in [9.17, 15) is 4.79 Å². The van der Waals surface area contributed by atoms with Gasteiger partial charge in [-0.15, -0.1) is 0 Å². The predicted octanol–water partition coefficient (Wildman–Crippen LogP) is 2.45. The molecule has 0 aliphatic carbocycles. The van der Waals surface area contributed by atoms with Gasteiger partial charge in [-0.1, -0.05) is 0 Å². The second-order valence-corrected chi connectivity index (χ2v) is 6.98. The van der Waals surface area contributed by atoms with Gasteiger partial charge >= 0.3 is 0 Å². The second-order valence-electron chi connectivity index (χ2n) is 6.98. The molecule has 0 unspecified atom stereocenters. The summed E-state index contributed by atoms with van der Waals surface area (Å²) in [7, 11) is 1.67. The Bertz CT molecular complexity index is 836. The van der Waals surface area contributed by atoms with E-state index in [4.69, 9.17) is 10.00 Å². The zero-order chi connectivity index (χ0) is 18.7. The fourth-order valence-electron chi connectivity index (χ4n) is 3.66. The minimum absolute atomic E-state index is 0.0136. The Balaban J connectivity index is 1.62. The van der Waals surface area contributed by atoms with Gasteiger partial charge in [-0.3, -0.25) is 4.79 Å². The van der Waals surface area contributed by atoms with Crippen molar-refractivity contribution in [3.05, 3.63) is 30.0 Å². The zero-order valence-corrected chi connectivity index (χ0v) is 15.7. The first-order valence-corrected chi connectivity index (χ1v) is 9.10. The summed E-state index contributed by atoms with van der Waals surface area (Å²) in [6.45, 7) is 5.90. The minimum atomic E-state index is -0.259. The van der Waals surface area contributed by atoms with Gasteiger partial charge in [0.1, 0.15) is 11.8 Å². The van der Waals surface area contributed by atoms with Crippen LogP contribution >= 0.6 is 0 Å². The molecule has 0 bridgehead atoms. The molecule has 3 rings (SSSR count). The number of rotatable bonds is 6. The van der Waals surface area contributed by atoms with Gasteiger partial charge < -0.3 is 19.5 Å². The number of aryl methyl sites for hydroxylation is 1. The van der Waals surface area contributed by atoms with Crippen molar-refractivity contribution in [1.29, 1.82) is 5.26 Å². The Morgan fingerprint density at radius 1 is 1.46 bits per heavy atom. The van der Waals surface area contributed by atoms with Crippen molar-refractivity contribution >= 4 is 16.8 Å². The van der Waals surface area contributed by atoms with Gasteiger partial charge in [0.2, 0.25) is 5.91 Å². The number of methoxy groups -OCH3 is 1. The third-order valence-corrected chi connectivity index (χ3v) is 5.10. The summed E-state index contributed by atoms with van der Waals surface area (Å²) in [4.78, 5) is 14.1. The van der Waals surface area contributed by atoms with Crippen LogP contribution in [0, 0.1) is 18.3 Å². The molecule has 0 radical (unpaired) electrons. The van der Waals surface area contributed by atoms with E-state index in [1.165, 1.54) is 5.69 Å². The van der Waals surface area contributed by atoms with E-state index >= 15 is 0 Å². The lowest BCUT2D eigenvalue weighted by atomic mass is 10.2. The molecule has 1 amide bonds. The Hall–Kier alpha value is -2.52. The molecule has 1 aromatic carbocycles. The normalized spacial score (nSPS) is 18.1. The van der Waals surface area contributed by atoms with E-state index in [1.807, 2.05) is 12.1 Å². The summed E-state index contributed by atoms with van der Waals surface area (Å²) in [5.74, 6) is 0.865. The van der Waals surface area contributed by atoms with Gasteiger partial charge in [-0.2, -0.15) is 5.26 Å². The van der Waals surface area contributed by atoms with Crippen LogP contribution in [0.4, 0.5) is 0 Å². The molecule has 1 N–H and O–H groups in total. The predicted molar refractivity (Wildman–Crippen MR) is 101 cm³/mol. The smallest absolute Gasteiger partial charge is 0.237 e. The molecule has 6 heteroatoms. The minimum Gasteiger partial charge on any atom is -0.497 e. The first-order valence-electron chi connectivity index (χ1n) is 9.10. The van der Waals surface area contributed by atoms with Crippen molar-refractivity contribution in [2.24, 2.45) is 0 Å². The number of hydrogen-bond donors (Lipinski definition) is 1. The SMILES string of the molecule is COc1ccc2c(c1)cc(C)n2C[C@H](C)NCC(=O)N1CCC[C@H]1C#N. The molecule has 1 aliphatic rings. The molecule has 0 spiro atoms. The van der Waals surface area contributed by atoms with Crippen LogP contribution in [0.2, 0.25) is 0 Å². The fraction of sp³-hybridized carbons (Fsp3) is 0.500. The van der Waals surface area contributed by atoms with Crippen LogP contribution in [0.15, 0.2) is 24.3 Å².